The van der Waals surface area contributed by atoms with Gasteiger partial charge in [0.2, 0.25) is 0 Å². The van der Waals surface area contributed by atoms with Crippen LogP contribution in [-0.2, 0) is 9.53 Å². The summed E-state index contributed by atoms with van der Waals surface area (Å²) in [5.41, 5.74) is 0. The van der Waals surface area contributed by atoms with Gasteiger partial charge in [-0.25, -0.2) is 0 Å². The van der Waals surface area contributed by atoms with Crippen LogP contribution in [0.1, 0.15) is 38.5 Å². The van der Waals surface area contributed by atoms with Crippen LogP contribution in [0.15, 0.2) is 0 Å². The Labute approximate surface area is 103 Å². The Morgan fingerprint density at radius 1 is 1.35 bits per heavy atom. The zero-order valence-corrected chi connectivity index (χ0v) is 10.7. The summed E-state index contributed by atoms with van der Waals surface area (Å²) < 4.78 is 4.65. The summed E-state index contributed by atoms with van der Waals surface area (Å²) in [5.74, 6) is 0.640. The van der Waals surface area contributed by atoms with Crippen LogP contribution in [0.5, 0.6) is 0 Å². The zero-order chi connectivity index (χ0) is 12.1. The van der Waals surface area contributed by atoms with E-state index in [2.05, 4.69) is 15.4 Å². The highest BCUT2D eigenvalue weighted by Gasteiger charge is 2.34. The Morgan fingerprint density at radius 3 is 2.94 bits per heavy atom. The SMILES string of the molecule is COC(=O)CCNC1CCCC1C1CCCN1. The lowest BCUT2D eigenvalue weighted by Gasteiger charge is -2.26. The van der Waals surface area contributed by atoms with Gasteiger partial charge in [-0.1, -0.05) is 6.42 Å². The monoisotopic (exact) mass is 240 g/mol. The van der Waals surface area contributed by atoms with Crippen LogP contribution in [0.4, 0.5) is 0 Å². The lowest BCUT2D eigenvalue weighted by Crippen LogP contribution is -2.42. The molecular formula is C13H24N2O2. The van der Waals surface area contributed by atoms with E-state index in [-0.39, 0.29) is 5.97 Å². The van der Waals surface area contributed by atoms with Crippen LogP contribution >= 0.6 is 0 Å². The fourth-order valence-corrected chi connectivity index (χ4v) is 3.26. The number of ether oxygens (including phenoxy) is 1. The number of carbonyl (C=O) groups excluding carboxylic acids is 1. The minimum atomic E-state index is -0.119. The summed E-state index contributed by atoms with van der Waals surface area (Å²) in [6.45, 7) is 1.93. The molecule has 3 unspecified atom stereocenters. The van der Waals surface area contributed by atoms with Crippen LogP contribution in [0, 0.1) is 5.92 Å². The van der Waals surface area contributed by atoms with Crippen molar-refractivity contribution in [2.75, 3.05) is 20.2 Å². The smallest absolute Gasteiger partial charge is 0.306 e. The fraction of sp³-hybridized carbons (Fsp3) is 0.923. The van der Waals surface area contributed by atoms with Crippen molar-refractivity contribution in [3.8, 4) is 0 Å². The lowest BCUT2D eigenvalue weighted by molar-refractivity contribution is -0.140. The topological polar surface area (TPSA) is 50.4 Å². The first-order valence-electron chi connectivity index (χ1n) is 6.85. The van der Waals surface area contributed by atoms with Crippen molar-refractivity contribution in [1.82, 2.24) is 10.6 Å². The van der Waals surface area contributed by atoms with Gasteiger partial charge in [-0.15, -0.1) is 0 Å². The highest BCUT2D eigenvalue weighted by Crippen LogP contribution is 2.31. The first kappa shape index (κ1) is 12.8. The standard InChI is InChI=1S/C13H24N2O2/c1-17-13(16)7-9-15-11-5-2-4-10(11)12-6-3-8-14-12/h10-12,14-15H,2-9H2,1H3. The maximum absolute atomic E-state index is 11.0. The third kappa shape index (κ3) is 3.42. The molecule has 0 bridgehead atoms. The fourth-order valence-electron chi connectivity index (χ4n) is 3.26. The van der Waals surface area contributed by atoms with Crippen molar-refractivity contribution in [2.45, 2.75) is 50.6 Å². The van der Waals surface area contributed by atoms with E-state index < -0.39 is 0 Å². The average Bonchev–Trinajstić information content (AvgIpc) is 2.98. The molecule has 1 saturated carbocycles. The molecule has 2 rings (SSSR count). The normalized spacial score (nSPS) is 32.9. The third-order valence-electron chi connectivity index (χ3n) is 4.15. The Morgan fingerprint density at radius 2 is 2.24 bits per heavy atom. The molecule has 0 aromatic carbocycles. The predicted molar refractivity (Wildman–Crippen MR) is 66.8 cm³/mol. The summed E-state index contributed by atoms with van der Waals surface area (Å²) in [6.07, 6.45) is 7.02. The van der Waals surface area contributed by atoms with Crippen LogP contribution in [0.25, 0.3) is 0 Å². The quantitative estimate of drug-likeness (QED) is 0.706. The summed E-state index contributed by atoms with van der Waals surface area (Å²) >= 11 is 0. The molecule has 2 aliphatic rings. The molecule has 0 spiro atoms. The molecule has 0 amide bonds. The summed E-state index contributed by atoms with van der Waals surface area (Å²) in [4.78, 5) is 11.0. The van der Waals surface area contributed by atoms with E-state index in [0.29, 0.717) is 18.5 Å². The molecule has 1 aliphatic carbocycles. The third-order valence-corrected chi connectivity index (χ3v) is 4.15. The molecule has 1 saturated heterocycles. The molecule has 2 fully saturated rings. The lowest BCUT2D eigenvalue weighted by atomic mass is 9.93. The van der Waals surface area contributed by atoms with Crippen LogP contribution in [0.2, 0.25) is 0 Å². The number of hydrogen-bond acceptors (Lipinski definition) is 4. The molecule has 1 aliphatic heterocycles. The maximum atomic E-state index is 11.0. The molecule has 3 atom stereocenters. The molecule has 0 aromatic heterocycles. The highest BCUT2D eigenvalue weighted by atomic mass is 16.5. The number of esters is 1. The molecule has 0 aromatic rings. The van der Waals surface area contributed by atoms with E-state index in [9.17, 15) is 4.79 Å². The highest BCUT2D eigenvalue weighted by molar-refractivity contribution is 5.69. The van der Waals surface area contributed by atoms with E-state index in [1.807, 2.05) is 0 Å². The molecule has 1 heterocycles. The minimum absolute atomic E-state index is 0.119. The number of hydrogen-bond donors (Lipinski definition) is 2. The number of nitrogens with one attached hydrogen (secondary N) is 2. The molecule has 2 N–H and O–H groups in total. The van der Waals surface area contributed by atoms with Crippen molar-refractivity contribution in [1.29, 1.82) is 0 Å². The number of methoxy groups -OCH3 is 1. The number of carbonyl (C=O) groups is 1. The summed E-state index contributed by atoms with van der Waals surface area (Å²) in [7, 11) is 1.45. The van der Waals surface area contributed by atoms with Crippen molar-refractivity contribution in [3.05, 3.63) is 0 Å². The molecule has 4 heteroatoms. The van der Waals surface area contributed by atoms with E-state index >= 15 is 0 Å². The number of rotatable bonds is 5. The second-order valence-electron chi connectivity index (χ2n) is 5.18. The van der Waals surface area contributed by atoms with Gasteiger partial charge in [-0.05, 0) is 38.1 Å². The second kappa shape index (κ2) is 6.36. The Balaban J connectivity index is 1.73. The van der Waals surface area contributed by atoms with E-state index in [0.717, 1.165) is 12.5 Å². The van der Waals surface area contributed by atoms with E-state index in [1.54, 1.807) is 0 Å². The van der Waals surface area contributed by atoms with Gasteiger partial charge < -0.3 is 15.4 Å². The van der Waals surface area contributed by atoms with Crippen LogP contribution < -0.4 is 10.6 Å². The zero-order valence-electron chi connectivity index (χ0n) is 10.7. The maximum Gasteiger partial charge on any atom is 0.306 e. The van der Waals surface area contributed by atoms with Gasteiger partial charge in [-0.2, -0.15) is 0 Å². The Hall–Kier alpha value is -0.610. The molecule has 17 heavy (non-hydrogen) atoms. The van der Waals surface area contributed by atoms with Gasteiger partial charge in [0.05, 0.1) is 13.5 Å². The van der Waals surface area contributed by atoms with Crippen LogP contribution in [0.3, 0.4) is 0 Å². The Bertz CT molecular complexity index is 252. The molecule has 4 nitrogen and oxygen atoms in total. The predicted octanol–water partition coefficient (Wildman–Crippen LogP) is 1.06. The summed E-state index contributed by atoms with van der Waals surface area (Å²) in [5, 5.41) is 7.14. The van der Waals surface area contributed by atoms with Crippen molar-refractivity contribution in [2.24, 2.45) is 5.92 Å². The van der Waals surface area contributed by atoms with Crippen molar-refractivity contribution >= 4 is 5.97 Å². The Kier molecular flexibility index (Phi) is 4.80. The minimum Gasteiger partial charge on any atom is -0.469 e. The van der Waals surface area contributed by atoms with Gasteiger partial charge in [0.25, 0.3) is 0 Å². The van der Waals surface area contributed by atoms with Gasteiger partial charge in [0, 0.05) is 18.6 Å². The van der Waals surface area contributed by atoms with E-state index in [4.69, 9.17) is 0 Å². The van der Waals surface area contributed by atoms with Crippen molar-refractivity contribution < 1.29 is 9.53 Å². The second-order valence-corrected chi connectivity index (χ2v) is 5.18. The average molecular weight is 240 g/mol. The molecular weight excluding hydrogens is 216 g/mol. The molecule has 98 valence electrons. The van der Waals surface area contributed by atoms with Gasteiger partial charge in [0.15, 0.2) is 0 Å². The first-order chi connectivity index (χ1) is 8.31. The van der Waals surface area contributed by atoms with Crippen LogP contribution in [-0.4, -0.2) is 38.3 Å². The van der Waals surface area contributed by atoms with Crippen molar-refractivity contribution in [3.63, 3.8) is 0 Å². The van der Waals surface area contributed by atoms with Gasteiger partial charge in [-0.3, -0.25) is 4.79 Å². The van der Waals surface area contributed by atoms with Gasteiger partial charge in [0.1, 0.15) is 0 Å². The summed E-state index contributed by atoms with van der Waals surface area (Å²) in [6, 6.07) is 1.29. The van der Waals surface area contributed by atoms with Gasteiger partial charge >= 0.3 is 5.97 Å². The van der Waals surface area contributed by atoms with E-state index in [1.165, 1.54) is 45.8 Å². The first-order valence-corrected chi connectivity index (χ1v) is 6.85. The largest absolute Gasteiger partial charge is 0.469 e. The molecule has 0 radical (unpaired) electrons.